The van der Waals surface area contributed by atoms with Gasteiger partial charge in [-0.1, -0.05) is 6.92 Å². The van der Waals surface area contributed by atoms with E-state index in [9.17, 15) is 4.79 Å². The van der Waals surface area contributed by atoms with Gasteiger partial charge in [-0.25, -0.2) is 0 Å². The summed E-state index contributed by atoms with van der Waals surface area (Å²) in [5.74, 6) is 1.96. The molecule has 2 atom stereocenters. The van der Waals surface area contributed by atoms with Crippen LogP contribution in [0.25, 0.3) is 0 Å². The number of nitrogens with one attached hydrogen (secondary N) is 2. The van der Waals surface area contributed by atoms with E-state index in [1.807, 2.05) is 6.07 Å². The van der Waals surface area contributed by atoms with Gasteiger partial charge in [-0.2, -0.15) is 0 Å². The molecular weight excluding hydrogens is 330 g/mol. The van der Waals surface area contributed by atoms with Gasteiger partial charge >= 0.3 is 0 Å². The molecule has 1 aromatic carbocycles. The highest BCUT2D eigenvalue weighted by Crippen LogP contribution is 2.29. The molecule has 1 amide bonds. The van der Waals surface area contributed by atoms with Crippen molar-refractivity contribution in [3.05, 3.63) is 18.2 Å². The van der Waals surface area contributed by atoms with Crippen LogP contribution in [-0.4, -0.2) is 57.2 Å². The van der Waals surface area contributed by atoms with Gasteiger partial charge in [0.05, 0.1) is 19.9 Å². The first-order valence-electron chi connectivity index (χ1n) is 9.53. The molecule has 6 heteroatoms. The maximum Gasteiger partial charge on any atom is 0.226 e. The van der Waals surface area contributed by atoms with E-state index in [1.165, 1.54) is 32.5 Å². The molecule has 0 bridgehead atoms. The summed E-state index contributed by atoms with van der Waals surface area (Å²) in [5, 5.41) is 6.44. The van der Waals surface area contributed by atoms with Gasteiger partial charge in [-0.3, -0.25) is 4.79 Å². The predicted molar refractivity (Wildman–Crippen MR) is 105 cm³/mol. The summed E-state index contributed by atoms with van der Waals surface area (Å²) in [6, 6.07) is 5.51. The van der Waals surface area contributed by atoms with Crippen LogP contribution < -0.4 is 20.1 Å². The molecule has 1 saturated heterocycles. The average Bonchev–Trinajstić information content (AvgIpc) is 3.08. The van der Waals surface area contributed by atoms with E-state index in [0.29, 0.717) is 29.5 Å². The molecule has 2 N–H and O–H groups in total. The molecule has 1 heterocycles. The number of methoxy groups -OCH3 is 2. The number of carbonyl (C=O) groups is 1. The monoisotopic (exact) mass is 363 g/mol. The molecule has 1 aliphatic rings. The van der Waals surface area contributed by atoms with Gasteiger partial charge in [0.15, 0.2) is 0 Å². The van der Waals surface area contributed by atoms with Gasteiger partial charge in [0.1, 0.15) is 11.5 Å². The molecule has 0 aromatic heterocycles. The Morgan fingerprint density at radius 3 is 2.85 bits per heavy atom. The third-order valence-corrected chi connectivity index (χ3v) is 4.84. The van der Waals surface area contributed by atoms with E-state index in [1.54, 1.807) is 26.4 Å². The third kappa shape index (κ3) is 6.18. The Morgan fingerprint density at radius 2 is 2.15 bits per heavy atom. The zero-order valence-corrected chi connectivity index (χ0v) is 16.5. The molecule has 0 spiro atoms. The quantitative estimate of drug-likeness (QED) is 0.669. The summed E-state index contributed by atoms with van der Waals surface area (Å²) in [6.07, 6.45) is 2.89. The van der Waals surface area contributed by atoms with Crippen molar-refractivity contribution in [2.45, 2.75) is 39.2 Å². The number of likely N-dealkylation sites (tertiary alicyclic amines) is 1. The van der Waals surface area contributed by atoms with Gasteiger partial charge in [-0.15, -0.1) is 0 Å². The first kappa shape index (κ1) is 20.5. The summed E-state index contributed by atoms with van der Waals surface area (Å²) in [5.41, 5.74) is 0.663. The largest absolute Gasteiger partial charge is 0.497 e. The molecule has 1 aliphatic heterocycles. The molecular formula is C20H33N3O3. The van der Waals surface area contributed by atoms with Crippen molar-refractivity contribution >= 4 is 11.6 Å². The number of carbonyl (C=O) groups excluding carboxylic acids is 1. The lowest BCUT2D eigenvalue weighted by molar-refractivity contribution is -0.116. The summed E-state index contributed by atoms with van der Waals surface area (Å²) in [4.78, 5) is 14.9. The molecule has 1 fully saturated rings. The van der Waals surface area contributed by atoms with Gasteiger partial charge in [0.25, 0.3) is 0 Å². The molecule has 2 unspecified atom stereocenters. The van der Waals surface area contributed by atoms with Gasteiger partial charge in [-0.05, 0) is 57.5 Å². The molecule has 6 nitrogen and oxygen atoms in total. The second-order valence-electron chi connectivity index (χ2n) is 7.08. The number of hydrogen-bond acceptors (Lipinski definition) is 5. The number of amides is 1. The number of hydrogen-bond donors (Lipinski definition) is 2. The maximum absolute atomic E-state index is 12.3. The van der Waals surface area contributed by atoms with Gasteiger partial charge in [0.2, 0.25) is 5.91 Å². The van der Waals surface area contributed by atoms with Crippen molar-refractivity contribution in [3.63, 3.8) is 0 Å². The van der Waals surface area contributed by atoms with Crippen LogP contribution >= 0.6 is 0 Å². The minimum absolute atomic E-state index is 0.0208. The first-order valence-corrected chi connectivity index (χ1v) is 9.53. The zero-order valence-electron chi connectivity index (χ0n) is 16.5. The minimum atomic E-state index is -0.0208. The highest BCUT2D eigenvalue weighted by Gasteiger charge is 2.22. The Labute approximate surface area is 157 Å². The lowest BCUT2D eigenvalue weighted by Crippen LogP contribution is -2.35. The van der Waals surface area contributed by atoms with Crippen LogP contribution in [0, 0.1) is 5.92 Å². The first-order chi connectivity index (χ1) is 12.5. The van der Waals surface area contributed by atoms with Crippen molar-refractivity contribution in [1.29, 1.82) is 0 Å². The highest BCUT2D eigenvalue weighted by molar-refractivity contribution is 5.92. The SMILES string of the molecule is CCCN1CCC(CNC(C)CC(=O)Nc2ccc(OC)cc2OC)C1. The molecule has 0 saturated carbocycles. The van der Waals surface area contributed by atoms with Gasteiger partial charge < -0.3 is 25.0 Å². The Balaban J connectivity index is 1.75. The Hall–Kier alpha value is -1.79. The smallest absolute Gasteiger partial charge is 0.226 e. The van der Waals surface area contributed by atoms with E-state index in [4.69, 9.17) is 9.47 Å². The molecule has 1 aromatic rings. The van der Waals surface area contributed by atoms with E-state index >= 15 is 0 Å². The molecule has 146 valence electrons. The Bertz CT molecular complexity index is 579. The molecule has 2 rings (SSSR count). The van der Waals surface area contributed by atoms with Crippen molar-refractivity contribution in [1.82, 2.24) is 10.2 Å². The fourth-order valence-corrected chi connectivity index (χ4v) is 3.42. The minimum Gasteiger partial charge on any atom is -0.497 e. The number of anilines is 1. The number of rotatable bonds is 10. The van der Waals surface area contributed by atoms with E-state index in [2.05, 4.69) is 29.4 Å². The second kappa shape index (κ2) is 10.4. The summed E-state index contributed by atoms with van der Waals surface area (Å²) >= 11 is 0. The lowest BCUT2D eigenvalue weighted by Gasteiger charge is -2.18. The molecule has 0 aliphatic carbocycles. The van der Waals surface area contributed by atoms with Crippen LogP contribution in [0.1, 0.15) is 33.1 Å². The van der Waals surface area contributed by atoms with Crippen LogP contribution in [-0.2, 0) is 4.79 Å². The Morgan fingerprint density at radius 1 is 1.35 bits per heavy atom. The van der Waals surface area contributed by atoms with Gasteiger partial charge in [0, 0.05) is 25.1 Å². The maximum atomic E-state index is 12.3. The molecule has 0 radical (unpaired) electrons. The van der Waals surface area contributed by atoms with E-state index < -0.39 is 0 Å². The van der Waals surface area contributed by atoms with E-state index in [-0.39, 0.29) is 11.9 Å². The second-order valence-corrected chi connectivity index (χ2v) is 7.08. The highest BCUT2D eigenvalue weighted by atomic mass is 16.5. The number of benzene rings is 1. The summed E-state index contributed by atoms with van der Waals surface area (Å²) in [6.45, 7) is 8.82. The van der Waals surface area contributed by atoms with Crippen molar-refractivity contribution < 1.29 is 14.3 Å². The topological polar surface area (TPSA) is 62.8 Å². The van der Waals surface area contributed by atoms with Crippen molar-refractivity contribution in [2.75, 3.05) is 45.7 Å². The lowest BCUT2D eigenvalue weighted by atomic mass is 10.1. The van der Waals surface area contributed by atoms with Crippen molar-refractivity contribution in [2.24, 2.45) is 5.92 Å². The van der Waals surface area contributed by atoms with Crippen LogP contribution in [0.5, 0.6) is 11.5 Å². The zero-order chi connectivity index (χ0) is 18.9. The Kier molecular flexibility index (Phi) is 8.19. The number of nitrogens with zero attached hydrogens (tertiary/aromatic N) is 1. The summed E-state index contributed by atoms with van der Waals surface area (Å²) in [7, 11) is 3.18. The standard InChI is InChI=1S/C20H33N3O3/c1-5-9-23-10-8-16(14-23)13-21-15(2)11-20(24)22-18-7-6-17(25-3)12-19(18)26-4/h6-7,12,15-16,21H,5,8-11,13-14H2,1-4H3,(H,22,24). The van der Waals surface area contributed by atoms with Crippen LogP contribution in [0.2, 0.25) is 0 Å². The van der Waals surface area contributed by atoms with E-state index in [0.717, 1.165) is 6.54 Å². The van der Waals surface area contributed by atoms with Crippen molar-refractivity contribution in [3.8, 4) is 11.5 Å². The number of ether oxygens (including phenoxy) is 2. The molecule has 26 heavy (non-hydrogen) atoms. The predicted octanol–water partition coefficient (Wildman–Crippen LogP) is 2.74. The normalized spacial score (nSPS) is 18.5. The fourth-order valence-electron chi connectivity index (χ4n) is 3.42. The summed E-state index contributed by atoms with van der Waals surface area (Å²) < 4.78 is 10.5. The third-order valence-electron chi connectivity index (χ3n) is 4.84. The van der Waals surface area contributed by atoms with Crippen LogP contribution in [0.15, 0.2) is 18.2 Å². The average molecular weight is 364 g/mol. The van der Waals surface area contributed by atoms with Crippen LogP contribution in [0.3, 0.4) is 0 Å². The van der Waals surface area contributed by atoms with Crippen LogP contribution in [0.4, 0.5) is 5.69 Å². The fraction of sp³-hybridized carbons (Fsp3) is 0.650.